The van der Waals surface area contributed by atoms with E-state index in [1.165, 1.54) is 11.3 Å². The molecule has 0 bridgehead atoms. The Balaban J connectivity index is 1.67. The van der Waals surface area contributed by atoms with Crippen molar-refractivity contribution in [1.82, 2.24) is 14.7 Å². The van der Waals surface area contributed by atoms with Gasteiger partial charge in [0.15, 0.2) is 0 Å². The predicted molar refractivity (Wildman–Crippen MR) is 103 cm³/mol. The molecule has 6 nitrogen and oxygen atoms in total. The zero-order valence-corrected chi connectivity index (χ0v) is 16.8. The third kappa shape index (κ3) is 4.84. The van der Waals surface area contributed by atoms with E-state index in [1.807, 2.05) is 25.7 Å². The molecule has 0 aliphatic carbocycles. The summed E-state index contributed by atoms with van der Waals surface area (Å²) in [5.41, 5.74) is 3.27. The van der Waals surface area contributed by atoms with Crippen molar-refractivity contribution < 1.29 is 14.3 Å². The van der Waals surface area contributed by atoms with Crippen LogP contribution in [0.3, 0.4) is 0 Å². The van der Waals surface area contributed by atoms with Crippen molar-refractivity contribution in [3.63, 3.8) is 0 Å². The van der Waals surface area contributed by atoms with Crippen LogP contribution in [0.5, 0.6) is 0 Å². The first-order valence-electron chi connectivity index (χ1n) is 9.96. The minimum atomic E-state index is -0.457. The topological polar surface area (TPSA) is 56.6 Å². The fraction of sp³-hybridized carbons (Fsp3) is 0.714. The summed E-state index contributed by atoms with van der Waals surface area (Å²) in [5, 5.41) is 4.95. The number of fused-ring (bicyclic) bond motifs is 1. The Morgan fingerprint density at radius 1 is 1.37 bits per heavy atom. The minimum Gasteiger partial charge on any atom is -0.444 e. The third-order valence-corrected chi connectivity index (χ3v) is 5.15. The first-order chi connectivity index (χ1) is 12.9. The molecule has 0 atom stereocenters. The number of likely N-dealkylation sites (tertiary alicyclic amines) is 1. The van der Waals surface area contributed by atoms with E-state index in [2.05, 4.69) is 10.6 Å². The van der Waals surface area contributed by atoms with Gasteiger partial charge in [-0.1, -0.05) is 0 Å². The van der Waals surface area contributed by atoms with Gasteiger partial charge in [-0.05, 0) is 40.0 Å². The number of aromatic nitrogens is 2. The van der Waals surface area contributed by atoms with E-state index in [9.17, 15) is 4.79 Å². The molecule has 2 aliphatic heterocycles. The van der Waals surface area contributed by atoms with Gasteiger partial charge in [-0.25, -0.2) is 4.79 Å². The van der Waals surface area contributed by atoms with E-state index < -0.39 is 5.60 Å². The van der Waals surface area contributed by atoms with Crippen LogP contribution in [0.4, 0.5) is 4.79 Å². The molecule has 1 aromatic heterocycles. The van der Waals surface area contributed by atoms with Gasteiger partial charge in [0, 0.05) is 49.7 Å². The van der Waals surface area contributed by atoms with Gasteiger partial charge >= 0.3 is 6.09 Å². The Bertz CT molecular complexity index is 703. The van der Waals surface area contributed by atoms with Gasteiger partial charge in [0.1, 0.15) is 5.60 Å². The molecule has 1 amide bonds. The molecule has 0 saturated carbocycles. The first kappa shape index (κ1) is 19.8. The number of nitrogens with zero attached hydrogens (tertiary/aromatic N) is 3. The Hall–Kier alpha value is -2.00. The lowest BCUT2D eigenvalue weighted by Crippen LogP contribution is -2.41. The number of carbonyl (C=O) groups is 1. The highest BCUT2D eigenvalue weighted by Crippen LogP contribution is 2.33. The number of hydrogen-bond donors (Lipinski definition) is 0. The van der Waals surface area contributed by atoms with Crippen molar-refractivity contribution in [2.75, 3.05) is 19.7 Å². The summed E-state index contributed by atoms with van der Waals surface area (Å²) in [6.07, 6.45) is 9.62. The van der Waals surface area contributed by atoms with Crippen LogP contribution >= 0.6 is 0 Å². The van der Waals surface area contributed by atoms with Crippen LogP contribution in [-0.4, -0.2) is 46.1 Å². The highest BCUT2D eigenvalue weighted by atomic mass is 16.6. The summed E-state index contributed by atoms with van der Waals surface area (Å²) in [4.78, 5) is 14.1. The van der Waals surface area contributed by atoms with Gasteiger partial charge in [-0.3, -0.25) is 4.68 Å². The van der Waals surface area contributed by atoms with Crippen molar-refractivity contribution in [2.45, 2.75) is 77.5 Å². The SMILES string of the molecule is C#CCCCn1nc(C2CCN(C(=O)OC(C)(C)C)CC2)c2c1CCOC2. The predicted octanol–water partition coefficient (Wildman–Crippen LogP) is 3.48. The average molecular weight is 373 g/mol. The van der Waals surface area contributed by atoms with E-state index in [0.29, 0.717) is 25.6 Å². The average Bonchev–Trinajstić information content (AvgIpc) is 3.00. The van der Waals surface area contributed by atoms with Crippen molar-refractivity contribution >= 4 is 6.09 Å². The number of aryl methyl sites for hydroxylation is 1. The zero-order valence-electron chi connectivity index (χ0n) is 16.8. The molecule has 2 aliphatic rings. The molecule has 6 heteroatoms. The summed E-state index contributed by atoms with van der Waals surface area (Å²) in [6.45, 7) is 9.38. The van der Waals surface area contributed by atoms with Gasteiger partial charge in [0.05, 0.1) is 18.9 Å². The Kier molecular flexibility index (Phi) is 6.11. The lowest BCUT2D eigenvalue weighted by Gasteiger charge is -2.33. The number of hydrogen-bond acceptors (Lipinski definition) is 4. The van der Waals surface area contributed by atoms with E-state index in [0.717, 1.165) is 50.9 Å². The minimum absolute atomic E-state index is 0.217. The van der Waals surface area contributed by atoms with Gasteiger partial charge in [0.25, 0.3) is 0 Å². The quantitative estimate of drug-likeness (QED) is 0.599. The molecule has 0 spiro atoms. The molecule has 0 unspecified atom stereocenters. The van der Waals surface area contributed by atoms with Crippen LogP contribution in [-0.2, 0) is 29.0 Å². The number of unbranched alkanes of at least 4 members (excludes halogenated alkanes) is 1. The Labute approximate surface area is 162 Å². The molecule has 1 saturated heterocycles. The van der Waals surface area contributed by atoms with Crippen molar-refractivity contribution in [3.05, 3.63) is 17.0 Å². The molecule has 3 heterocycles. The van der Waals surface area contributed by atoms with Gasteiger partial charge in [-0.2, -0.15) is 5.10 Å². The third-order valence-electron chi connectivity index (χ3n) is 5.15. The number of carbonyl (C=O) groups excluding carboxylic acids is 1. The summed E-state index contributed by atoms with van der Waals surface area (Å²) >= 11 is 0. The number of terminal acetylenes is 1. The van der Waals surface area contributed by atoms with Gasteiger partial charge in [0.2, 0.25) is 0 Å². The zero-order chi connectivity index (χ0) is 19.4. The van der Waals surface area contributed by atoms with Crippen LogP contribution in [0, 0.1) is 12.3 Å². The number of piperidine rings is 1. The maximum absolute atomic E-state index is 12.3. The number of ether oxygens (including phenoxy) is 2. The van der Waals surface area contributed by atoms with Crippen LogP contribution in [0.25, 0.3) is 0 Å². The number of rotatable bonds is 4. The summed E-state index contributed by atoms with van der Waals surface area (Å²) in [6, 6.07) is 0. The molecule has 0 aromatic carbocycles. The van der Waals surface area contributed by atoms with Gasteiger partial charge < -0.3 is 14.4 Å². The molecule has 27 heavy (non-hydrogen) atoms. The second kappa shape index (κ2) is 8.35. The van der Waals surface area contributed by atoms with E-state index in [1.54, 1.807) is 0 Å². The van der Waals surface area contributed by atoms with Gasteiger partial charge in [-0.15, -0.1) is 12.3 Å². The molecular weight excluding hydrogens is 342 g/mol. The van der Waals surface area contributed by atoms with Crippen LogP contribution in [0.2, 0.25) is 0 Å². The summed E-state index contributed by atoms with van der Waals surface area (Å²) in [5.74, 6) is 3.07. The summed E-state index contributed by atoms with van der Waals surface area (Å²) in [7, 11) is 0. The molecular formula is C21H31N3O3. The molecule has 1 aromatic rings. The van der Waals surface area contributed by atoms with Crippen LogP contribution < -0.4 is 0 Å². The first-order valence-corrected chi connectivity index (χ1v) is 9.96. The standard InChI is InChI=1S/C21H31N3O3/c1-5-6-7-11-24-18-10-14-26-15-17(18)19(22-24)16-8-12-23(13-9-16)20(25)27-21(2,3)4/h1,16H,6-15H2,2-4H3. The Morgan fingerprint density at radius 3 is 2.78 bits per heavy atom. The Morgan fingerprint density at radius 2 is 2.11 bits per heavy atom. The maximum atomic E-state index is 12.3. The van der Waals surface area contributed by atoms with Crippen molar-refractivity contribution in [3.8, 4) is 12.3 Å². The highest BCUT2D eigenvalue weighted by molar-refractivity contribution is 5.68. The second-order valence-corrected chi connectivity index (χ2v) is 8.39. The smallest absolute Gasteiger partial charge is 0.410 e. The highest BCUT2D eigenvalue weighted by Gasteiger charge is 2.31. The van der Waals surface area contributed by atoms with E-state index in [-0.39, 0.29) is 6.09 Å². The summed E-state index contributed by atoms with van der Waals surface area (Å²) < 4.78 is 13.4. The lowest BCUT2D eigenvalue weighted by atomic mass is 9.90. The molecule has 3 rings (SSSR count). The van der Waals surface area contributed by atoms with Crippen LogP contribution in [0.15, 0.2) is 0 Å². The lowest BCUT2D eigenvalue weighted by molar-refractivity contribution is 0.0203. The molecule has 1 fully saturated rings. The van der Waals surface area contributed by atoms with E-state index in [4.69, 9.17) is 21.0 Å². The molecule has 148 valence electrons. The van der Waals surface area contributed by atoms with Crippen molar-refractivity contribution in [1.29, 1.82) is 0 Å². The number of amides is 1. The second-order valence-electron chi connectivity index (χ2n) is 8.39. The fourth-order valence-electron chi connectivity index (χ4n) is 3.84. The maximum Gasteiger partial charge on any atom is 0.410 e. The normalized spacial score (nSPS) is 18.1. The molecule has 0 N–H and O–H groups in total. The van der Waals surface area contributed by atoms with Crippen molar-refractivity contribution in [2.24, 2.45) is 0 Å². The largest absolute Gasteiger partial charge is 0.444 e. The fourth-order valence-corrected chi connectivity index (χ4v) is 3.84. The van der Waals surface area contributed by atoms with E-state index >= 15 is 0 Å². The molecule has 0 radical (unpaired) electrons. The van der Waals surface area contributed by atoms with Crippen LogP contribution in [0.1, 0.15) is 69.3 Å². The monoisotopic (exact) mass is 373 g/mol.